The van der Waals surface area contributed by atoms with E-state index in [2.05, 4.69) is 45.3 Å². The fourth-order valence-corrected chi connectivity index (χ4v) is 2.89. The van der Waals surface area contributed by atoms with Crippen molar-refractivity contribution in [3.05, 3.63) is 33.5 Å². The van der Waals surface area contributed by atoms with Crippen molar-refractivity contribution in [3.63, 3.8) is 0 Å². The zero-order chi connectivity index (χ0) is 13.1. The Morgan fingerprint density at radius 3 is 2.83 bits per heavy atom. The van der Waals surface area contributed by atoms with E-state index in [1.165, 1.54) is 23.5 Å². The number of nitrogens with zero attached hydrogens (tertiary/aromatic N) is 2. The van der Waals surface area contributed by atoms with Gasteiger partial charge < -0.3 is 5.32 Å². The normalized spacial score (nSPS) is 11.2. The SMILES string of the molecule is CC(C)NCc1nnc(-c2ccc(F)cc2Br)s1. The summed E-state index contributed by atoms with van der Waals surface area (Å²) in [7, 11) is 0. The molecular weight excluding hydrogens is 317 g/mol. The smallest absolute Gasteiger partial charge is 0.148 e. The topological polar surface area (TPSA) is 37.8 Å². The van der Waals surface area contributed by atoms with Crippen LogP contribution < -0.4 is 5.32 Å². The third kappa shape index (κ3) is 3.34. The van der Waals surface area contributed by atoms with Gasteiger partial charge in [0.15, 0.2) is 0 Å². The molecule has 0 aliphatic rings. The van der Waals surface area contributed by atoms with Gasteiger partial charge in [0.05, 0.1) is 0 Å². The molecule has 96 valence electrons. The van der Waals surface area contributed by atoms with Gasteiger partial charge in [-0.05, 0) is 34.1 Å². The van der Waals surface area contributed by atoms with E-state index in [1.54, 1.807) is 6.07 Å². The van der Waals surface area contributed by atoms with E-state index in [4.69, 9.17) is 0 Å². The molecule has 18 heavy (non-hydrogen) atoms. The number of hydrogen-bond acceptors (Lipinski definition) is 4. The van der Waals surface area contributed by atoms with Gasteiger partial charge in [0.25, 0.3) is 0 Å². The molecule has 0 radical (unpaired) electrons. The van der Waals surface area contributed by atoms with Crippen molar-refractivity contribution in [2.45, 2.75) is 26.4 Å². The maximum Gasteiger partial charge on any atom is 0.148 e. The molecule has 0 aliphatic carbocycles. The van der Waals surface area contributed by atoms with Crippen LogP contribution in [-0.4, -0.2) is 16.2 Å². The number of benzene rings is 1. The van der Waals surface area contributed by atoms with E-state index in [0.717, 1.165) is 15.6 Å². The Kier molecular flexibility index (Phi) is 4.42. The molecule has 0 fully saturated rings. The van der Waals surface area contributed by atoms with Crippen LogP contribution in [0.2, 0.25) is 0 Å². The molecule has 0 saturated carbocycles. The summed E-state index contributed by atoms with van der Waals surface area (Å²) in [4.78, 5) is 0. The number of nitrogens with one attached hydrogen (secondary N) is 1. The highest BCUT2D eigenvalue weighted by molar-refractivity contribution is 9.10. The zero-order valence-electron chi connectivity index (χ0n) is 10.1. The first-order valence-electron chi connectivity index (χ1n) is 5.57. The van der Waals surface area contributed by atoms with E-state index in [9.17, 15) is 4.39 Å². The third-order valence-electron chi connectivity index (χ3n) is 2.29. The minimum Gasteiger partial charge on any atom is -0.308 e. The Balaban J connectivity index is 2.18. The molecule has 0 unspecified atom stereocenters. The molecule has 0 spiro atoms. The van der Waals surface area contributed by atoms with Gasteiger partial charge in [-0.3, -0.25) is 0 Å². The van der Waals surface area contributed by atoms with Crippen molar-refractivity contribution in [1.29, 1.82) is 0 Å². The predicted octanol–water partition coefficient (Wildman–Crippen LogP) is 3.60. The second-order valence-corrected chi connectivity index (χ2v) is 6.08. The highest BCUT2D eigenvalue weighted by Gasteiger charge is 2.10. The van der Waals surface area contributed by atoms with Crippen LogP contribution in [0.3, 0.4) is 0 Å². The van der Waals surface area contributed by atoms with Crippen LogP contribution in [0, 0.1) is 5.82 Å². The molecule has 1 aromatic heterocycles. The Hall–Kier alpha value is -0.850. The summed E-state index contributed by atoms with van der Waals surface area (Å²) in [6.45, 7) is 4.87. The maximum absolute atomic E-state index is 13.0. The minimum absolute atomic E-state index is 0.267. The summed E-state index contributed by atoms with van der Waals surface area (Å²) >= 11 is 4.85. The molecule has 6 heteroatoms. The Morgan fingerprint density at radius 1 is 1.39 bits per heavy atom. The Morgan fingerprint density at radius 2 is 2.17 bits per heavy atom. The van der Waals surface area contributed by atoms with Gasteiger partial charge in [-0.25, -0.2) is 4.39 Å². The molecule has 0 bridgehead atoms. The van der Waals surface area contributed by atoms with Crippen LogP contribution in [0.4, 0.5) is 4.39 Å². The standard InChI is InChI=1S/C12H13BrFN3S/c1-7(2)15-6-11-16-17-12(18-11)9-4-3-8(14)5-10(9)13/h3-5,7,15H,6H2,1-2H3. The molecule has 0 aliphatic heterocycles. The van der Waals surface area contributed by atoms with Crippen LogP contribution in [0.5, 0.6) is 0 Å². The van der Waals surface area contributed by atoms with Crippen molar-refractivity contribution < 1.29 is 4.39 Å². The first-order valence-corrected chi connectivity index (χ1v) is 7.18. The first kappa shape index (κ1) is 13.6. The molecule has 1 heterocycles. The molecule has 1 aromatic carbocycles. The highest BCUT2D eigenvalue weighted by Crippen LogP contribution is 2.30. The van der Waals surface area contributed by atoms with Crippen LogP contribution in [0.1, 0.15) is 18.9 Å². The predicted molar refractivity (Wildman–Crippen MR) is 75.0 cm³/mol. The summed E-state index contributed by atoms with van der Waals surface area (Å²) < 4.78 is 13.7. The molecular formula is C12H13BrFN3S. The monoisotopic (exact) mass is 329 g/mol. The van der Waals surface area contributed by atoms with Gasteiger partial charge in [-0.15, -0.1) is 10.2 Å². The van der Waals surface area contributed by atoms with Gasteiger partial charge in [0.2, 0.25) is 0 Å². The number of aromatic nitrogens is 2. The van der Waals surface area contributed by atoms with E-state index in [0.29, 0.717) is 17.1 Å². The largest absolute Gasteiger partial charge is 0.308 e. The van der Waals surface area contributed by atoms with Crippen LogP contribution in [-0.2, 0) is 6.54 Å². The Labute approximate surface area is 118 Å². The average Bonchev–Trinajstić information content (AvgIpc) is 2.75. The fraction of sp³-hybridized carbons (Fsp3) is 0.333. The maximum atomic E-state index is 13.0. The van der Waals surface area contributed by atoms with Gasteiger partial charge in [0, 0.05) is 22.6 Å². The summed E-state index contributed by atoms with van der Waals surface area (Å²) in [5.41, 5.74) is 0.865. The van der Waals surface area contributed by atoms with Crippen molar-refractivity contribution in [1.82, 2.24) is 15.5 Å². The van der Waals surface area contributed by atoms with Gasteiger partial charge in [-0.1, -0.05) is 25.2 Å². The number of halogens is 2. The highest BCUT2D eigenvalue weighted by atomic mass is 79.9. The number of rotatable bonds is 4. The zero-order valence-corrected chi connectivity index (χ0v) is 12.5. The van der Waals surface area contributed by atoms with E-state index in [-0.39, 0.29) is 5.82 Å². The van der Waals surface area contributed by atoms with Crippen molar-refractivity contribution >= 4 is 27.3 Å². The molecule has 2 aromatic rings. The van der Waals surface area contributed by atoms with Crippen LogP contribution >= 0.6 is 27.3 Å². The Bertz CT molecular complexity index is 542. The summed E-state index contributed by atoms with van der Waals surface area (Å²) in [5.74, 6) is -0.267. The molecule has 0 amide bonds. The molecule has 1 N–H and O–H groups in total. The molecule has 2 rings (SSSR count). The third-order valence-corrected chi connectivity index (χ3v) is 3.90. The fourth-order valence-electron chi connectivity index (χ4n) is 1.39. The van der Waals surface area contributed by atoms with Crippen molar-refractivity contribution in [2.24, 2.45) is 0 Å². The van der Waals surface area contributed by atoms with E-state index < -0.39 is 0 Å². The second kappa shape index (κ2) is 5.86. The van der Waals surface area contributed by atoms with E-state index in [1.807, 2.05) is 0 Å². The molecule has 0 atom stereocenters. The molecule has 0 saturated heterocycles. The quantitative estimate of drug-likeness (QED) is 0.931. The lowest BCUT2D eigenvalue weighted by Crippen LogP contribution is -2.21. The van der Waals surface area contributed by atoms with Crippen LogP contribution in [0.15, 0.2) is 22.7 Å². The van der Waals surface area contributed by atoms with Crippen molar-refractivity contribution in [2.75, 3.05) is 0 Å². The lowest BCUT2D eigenvalue weighted by molar-refractivity contribution is 0.585. The first-order chi connectivity index (χ1) is 8.56. The van der Waals surface area contributed by atoms with Gasteiger partial charge in [0.1, 0.15) is 15.8 Å². The van der Waals surface area contributed by atoms with E-state index >= 15 is 0 Å². The van der Waals surface area contributed by atoms with Gasteiger partial charge >= 0.3 is 0 Å². The van der Waals surface area contributed by atoms with Crippen molar-refractivity contribution in [3.8, 4) is 10.6 Å². The number of hydrogen-bond donors (Lipinski definition) is 1. The van der Waals surface area contributed by atoms with Crippen LogP contribution in [0.25, 0.3) is 10.6 Å². The lowest BCUT2D eigenvalue weighted by atomic mass is 10.2. The van der Waals surface area contributed by atoms with Gasteiger partial charge in [-0.2, -0.15) is 0 Å². The summed E-state index contributed by atoms with van der Waals surface area (Å²) in [5, 5.41) is 13.3. The lowest BCUT2D eigenvalue weighted by Gasteiger charge is -2.03. The summed E-state index contributed by atoms with van der Waals surface area (Å²) in [6.07, 6.45) is 0. The average molecular weight is 330 g/mol. The summed E-state index contributed by atoms with van der Waals surface area (Å²) in [6, 6.07) is 4.98. The molecule has 3 nitrogen and oxygen atoms in total. The second-order valence-electron chi connectivity index (χ2n) is 4.16. The minimum atomic E-state index is -0.267.